The van der Waals surface area contributed by atoms with Crippen molar-refractivity contribution in [2.45, 2.75) is 31.7 Å². The summed E-state index contributed by atoms with van der Waals surface area (Å²) in [7, 11) is 0. The summed E-state index contributed by atoms with van der Waals surface area (Å²) in [5.41, 5.74) is 8.47. The number of rotatable bonds is 1. The fourth-order valence-corrected chi connectivity index (χ4v) is 2.41. The van der Waals surface area contributed by atoms with E-state index in [0.717, 1.165) is 24.8 Å². The van der Waals surface area contributed by atoms with Gasteiger partial charge >= 0.3 is 0 Å². The van der Waals surface area contributed by atoms with Crippen LogP contribution in [0.3, 0.4) is 0 Å². The maximum atomic E-state index is 5.97. The molecule has 2 rings (SSSR count). The highest BCUT2D eigenvalue weighted by Gasteiger charge is 2.12. The van der Waals surface area contributed by atoms with Gasteiger partial charge in [0.15, 0.2) is 0 Å². The summed E-state index contributed by atoms with van der Waals surface area (Å²) in [5, 5.41) is 1.21. The van der Waals surface area contributed by atoms with E-state index in [1.165, 1.54) is 12.0 Å². The van der Waals surface area contributed by atoms with Gasteiger partial charge in [0.1, 0.15) is 0 Å². The first kappa shape index (κ1) is 12.0. The van der Waals surface area contributed by atoms with Crippen molar-refractivity contribution in [2.75, 3.05) is 0 Å². The van der Waals surface area contributed by atoms with Crippen LogP contribution in [0.25, 0.3) is 6.08 Å². The van der Waals surface area contributed by atoms with Crippen molar-refractivity contribution in [3.05, 3.63) is 39.4 Å². The summed E-state index contributed by atoms with van der Waals surface area (Å²) in [6, 6.07) is 6.04. The lowest BCUT2D eigenvalue weighted by Crippen LogP contribution is -2.23. The molecule has 0 radical (unpaired) electrons. The maximum Gasteiger partial charge on any atom is 0.0598 e. The van der Waals surface area contributed by atoms with E-state index in [1.807, 2.05) is 18.2 Å². The molecule has 0 saturated heterocycles. The second-order valence-electron chi connectivity index (χ2n) is 4.33. The van der Waals surface area contributed by atoms with Gasteiger partial charge in [-0.05, 0) is 43.4 Å². The molecule has 86 valence electrons. The Bertz CT molecular complexity index is 412. The maximum absolute atomic E-state index is 5.97. The van der Waals surface area contributed by atoms with Crippen molar-refractivity contribution in [1.29, 1.82) is 0 Å². The molecule has 1 aromatic carbocycles. The largest absolute Gasteiger partial charge is 0.327 e. The molecule has 1 aromatic rings. The van der Waals surface area contributed by atoms with Crippen molar-refractivity contribution < 1.29 is 0 Å². The van der Waals surface area contributed by atoms with Crippen molar-refractivity contribution in [1.82, 2.24) is 0 Å². The summed E-state index contributed by atoms with van der Waals surface area (Å²) in [6.07, 6.45) is 6.66. The molecule has 0 aliphatic heterocycles. The number of nitrogens with two attached hydrogens (primary N) is 1. The molecule has 16 heavy (non-hydrogen) atoms. The SMILES string of the molecule is NC1CCCC(=Cc2ccc(Cl)c(Cl)c2)C1. The third kappa shape index (κ3) is 3.00. The van der Waals surface area contributed by atoms with Gasteiger partial charge in [-0.15, -0.1) is 0 Å². The number of hydrogen-bond donors (Lipinski definition) is 1. The van der Waals surface area contributed by atoms with E-state index in [2.05, 4.69) is 6.08 Å². The normalized spacial score (nSPS) is 23.7. The first-order chi connectivity index (χ1) is 7.65. The Labute approximate surface area is 106 Å². The van der Waals surface area contributed by atoms with Crippen LogP contribution in [0.2, 0.25) is 10.0 Å². The molecule has 1 unspecified atom stereocenters. The predicted octanol–water partition coefficient (Wildman–Crippen LogP) is 4.28. The fourth-order valence-electron chi connectivity index (χ4n) is 2.10. The van der Waals surface area contributed by atoms with Crippen LogP contribution in [-0.2, 0) is 0 Å². The second kappa shape index (κ2) is 5.22. The first-order valence-electron chi connectivity index (χ1n) is 5.55. The average molecular weight is 256 g/mol. The molecule has 1 fully saturated rings. The van der Waals surface area contributed by atoms with Crippen LogP contribution in [-0.4, -0.2) is 6.04 Å². The molecule has 0 spiro atoms. The van der Waals surface area contributed by atoms with Crippen molar-refractivity contribution in [3.8, 4) is 0 Å². The van der Waals surface area contributed by atoms with Crippen molar-refractivity contribution >= 4 is 29.3 Å². The molecule has 3 heteroatoms. The zero-order valence-electron chi connectivity index (χ0n) is 9.05. The minimum absolute atomic E-state index is 0.322. The lowest BCUT2D eigenvalue weighted by Gasteiger charge is -2.20. The lowest BCUT2D eigenvalue weighted by molar-refractivity contribution is 0.520. The second-order valence-corrected chi connectivity index (χ2v) is 5.15. The predicted molar refractivity (Wildman–Crippen MR) is 70.9 cm³/mol. The highest BCUT2D eigenvalue weighted by Crippen LogP contribution is 2.27. The summed E-state index contributed by atoms with van der Waals surface area (Å²) in [4.78, 5) is 0. The topological polar surface area (TPSA) is 26.0 Å². The fraction of sp³-hybridized carbons (Fsp3) is 0.385. The monoisotopic (exact) mass is 255 g/mol. The summed E-state index contributed by atoms with van der Waals surface area (Å²) in [6.45, 7) is 0. The van der Waals surface area contributed by atoms with Crippen LogP contribution < -0.4 is 5.73 Å². The number of hydrogen-bond acceptors (Lipinski definition) is 1. The van der Waals surface area contributed by atoms with Gasteiger partial charge in [-0.3, -0.25) is 0 Å². The van der Waals surface area contributed by atoms with E-state index in [1.54, 1.807) is 0 Å². The molecular weight excluding hydrogens is 241 g/mol. The number of benzene rings is 1. The minimum Gasteiger partial charge on any atom is -0.327 e. The Morgan fingerprint density at radius 3 is 2.75 bits per heavy atom. The zero-order chi connectivity index (χ0) is 11.5. The Balaban J connectivity index is 2.18. The Morgan fingerprint density at radius 2 is 2.06 bits per heavy atom. The van der Waals surface area contributed by atoms with Gasteiger partial charge in [0.25, 0.3) is 0 Å². The van der Waals surface area contributed by atoms with Crippen LogP contribution in [0, 0.1) is 0 Å². The van der Waals surface area contributed by atoms with Crippen molar-refractivity contribution in [2.24, 2.45) is 5.73 Å². The van der Waals surface area contributed by atoms with E-state index >= 15 is 0 Å². The van der Waals surface area contributed by atoms with Gasteiger partial charge < -0.3 is 5.73 Å². The first-order valence-corrected chi connectivity index (χ1v) is 6.31. The third-order valence-corrected chi connectivity index (χ3v) is 3.65. The molecule has 0 amide bonds. The average Bonchev–Trinajstić information content (AvgIpc) is 2.24. The molecule has 2 N–H and O–H groups in total. The lowest BCUT2D eigenvalue weighted by atomic mass is 9.90. The third-order valence-electron chi connectivity index (χ3n) is 2.91. The molecular formula is C13H15Cl2N. The summed E-state index contributed by atoms with van der Waals surface area (Å²) >= 11 is 11.8. The summed E-state index contributed by atoms with van der Waals surface area (Å²) in [5.74, 6) is 0. The van der Waals surface area contributed by atoms with E-state index in [9.17, 15) is 0 Å². The van der Waals surface area contributed by atoms with E-state index in [4.69, 9.17) is 28.9 Å². The standard InChI is InChI=1S/C13H15Cl2N/c14-12-5-4-10(8-13(12)15)6-9-2-1-3-11(16)7-9/h4-6,8,11H,1-3,7,16H2. The molecule has 0 bridgehead atoms. The van der Waals surface area contributed by atoms with E-state index < -0.39 is 0 Å². The Kier molecular flexibility index (Phi) is 3.91. The van der Waals surface area contributed by atoms with Crippen LogP contribution in [0.15, 0.2) is 23.8 Å². The highest BCUT2D eigenvalue weighted by atomic mass is 35.5. The van der Waals surface area contributed by atoms with Gasteiger partial charge in [-0.2, -0.15) is 0 Å². The van der Waals surface area contributed by atoms with Gasteiger partial charge in [-0.1, -0.05) is 40.9 Å². The van der Waals surface area contributed by atoms with Gasteiger partial charge in [-0.25, -0.2) is 0 Å². The quantitative estimate of drug-likeness (QED) is 0.797. The van der Waals surface area contributed by atoms with Crippen LogP contribution in [0.5, 0.6) is 0 Å². The van der Waals surface area contributed by atoms with E-state index in [0.29, 0.717) is 16.1 Å². The molecule has 1 aliphatic rings. The van der Waals surface area contributed by atoms with Crippen LogP contribution in [0.4, 0.5) is 0 Å². The highest BCUT2D eigenvalue weighted by molar-refractivity contribution is 6.42. The smallest absolute Gasteiger partial charge is 0.0598 e. The van der Waals surface area contributed by atoms with Gasteiger partial charge in [0, 0.05) is 6.04 Å². The molecule has 1 nitrogen and oxygen atoms in total. The molecule has 1 aliphatic carbocycles. The minimum atomic E-state index is 0.322. The van der Waals surface area contributed by atoms with E-state index in [-0.39, 0.29) is 0 Å². The Hall–Kier alpha value is -0.500. The van der Waals surface area contributed by atoms with Gasteiger partial charge in [0.2, 0.25) is 0 Å². The van der Waals surface area contributed by atoms with Gasteiger partial charge in [0.05, 0.1) is 10.0 Å². The number of halogens is 2. The molecule has 1 saturated carbocycles. The van der Waals surface area contributed by atoms with Crippen LogP contribution >= 0.6 is 23.2 Å². The molecule has 1 atom stereocenters. The Morgan fingerprint density at radius 1 is 1.25 bits per heavy atom. The van der Waals surface area contributed by atoms with Crippen LogP contribution in [0.1, 0.15) is 31.2 Å². The van der Waals surface area contributed by atoms with Crippen molar-refractivity contribution in [3.63, 3.8) is 0 Å². The zero-order valence-corrected chi connectivity index (χ0v) is 10.6. The summed E-state index contributed by atoms with van der Waals surface area (Å²) < 4.78 is 0. The molecule has 0 aromatic heterocycles. The molecule has 0 heterocycles.